The third kappa shape index (κ3) is 5.28. The van der Waals surface area contributed by atoms with E-state index in [0.29, 0.717) is 17.8 Å². The average Bonchev–Trinajstić information content (AvgIpc) is 2.65. The van der Waals surface area contributed by atoms with Gasteiger partial charge in [0.15, 0.2) is 0 Å². The first kappa shape index (κ1) is 23.2. The first-order valence-corrected chi connectivity index (χ1v) is 10.1. The molecule has 4 N–H and O–H groups in total. The number of urea groups is 1. The summed E-state index contributed by atoms with van der Waals surface area (Å²) in [6.07, 6.45) is 0.317. The zero-order chi connectivity index (χ0) is 22.6. The normalized spacial score (nSPS) is 17.8. The highest BCUT2D eigenvalue weighted by Crippen LogP contribution is 2.34. The Kier molecular flexibility index (Phi) is 7.42. The quantitative estimate of drug-likeness (QED) is 0.540. The minimum absolute atomic E-state index is 0.0685. The molecule has 1 aromatic rings. The van der Waals surface area contributed by atoms with E-state index < -0.39 is 36.0 Å². The number of fused-ring (bicyclic) bond motifs is 1. The van der Waals surface area contributed by atoms with Crippen LogP contribution in [0.3, 0.4) is 0 Å². The molecule has 9 heteroatoms. The van der Waals surface area contributed by atoms with Crippen LogP contribution < -0.4 is 20.9 Å². The monoisotopic (exact) mass is 418 g/mol. The molecular formula is C21H30N4O5. The van der Waals surface area contributed by atoms with E-state index in [2.05, 4.69) is 16.0 Å². The van der Waals surface area contributed by atoms with Crippen LogP contribution in [-0.4, -0.2) is 47.0 Å². The predicted octanol–water partition coefficient (Wildman–Crippen LogP) is 2.18. The summed E-state index contributed by atoms with van der Waals surface area (Å²) in [6, 6.07) is 3.59. The number of carboxylic acids is 1. The Morgan fingerprint density at radius 3 is 2.30 bits per heavy atom. The lowest BCUT2D eigenvalue weighted by Crippen LogP contribution is -2.60. The molecule has 30 heavy (non-hydrogen) atoms. The second-order valence-corrected chi connectivity index (χ2v) is 8.27. The highest BCUT2D eigenvalue weighted by Gasteiger charge is 2.40. The number of benzene rings is 1. The number of anilines is 2. The van der Waals surface area contributed by atoms with Gasteiger partial charge in [-0.3, -0.25) is 19.3 Å². The Morgan fingerprint density at radius 1 is 1.10 bits per heavy atom. The Balaban J connectivity index is 2.33. The van der Waals surface area contributed by atoms with Crippen molar-refractivity contribution in [3.63, 3.8) is 0 Å². The molecule has 164 valence electrons. The molecule has 1 heterocycles. The van der Waals surface area contributed by atoms with Gasteiger partial charge >= 0.3 is 12.0 Å². The number of amides is 4. The van der Waals surface area contributed by atoms with Crippen molar-refractivity contribution < 1.29 is 24.3 Å². The van der Waals surface area contributed by atoms with Crippen molar-refractivity contribution in [1.82, 2.24) is 10.6 Å². The van der Waals surface area contributed by atoms with Gasteiger partial charge in [0.05, 0.1) is 11.4 Å². The number of nitrogens with one attached hydrogen (secondary N) is 3. The molecular weight excluding hydrogens is 388 g/mol. The topological polar surface area (TPSA) is 128 Å². The lowest BCUT2D eigenvalue weighted by atomic mass is 9.97. The molecule has 3 atom stereocenters. The molecule has 0 saturated carbocycles. The number of nitrogens with zero attached hydrogens (tertiary/aromatic N) is 1. The van der Waals surface area contributed by atoms with Crippen LogP contribution >= 0.6 is 0 Å². The Bertz CT molecular complexity index is 823. The van der Waals surface area contributed by atoms with E-state index in [-0.39, 0.29) is 17.7 Å². The molecule has 0 bridgehead atoms. The van der Waals surface area contributed by atoms with Crippen molar-refractivity contribution in [3.8, 4) is 0 Å². The fourth-order valence-electron chi connectivity index (χ4n) is 3.40. The van der Waals surface area contributed by atoms with Gasteiger partial charge in [-0.25, -0.2) is 4.79 Å². The zero-order valence-electron chi connectivity index (χ0n) is 17.9. The SMILES string of the molecule is CC(C)C[C@@H](NC(=O)N1c2ccccc2NC(=O)[C@@H]1C(C)C)C(=O)N[C@H](C)C(=O)O. The summed E-state index contributed by atoms with van der Waals surface area (Å²) < 4.78 is 0. The van der Waals surface area contributed by atoms with E-state index in [9.17, 15) is 19.2 Å². The van der Waals surface area contributed by atoms with Crippen molar-refractivity contribution >= 4 is 35.2 Å². The van der Waals surface area contributed by atoms with Gasteiger partial charge in [0, 0.05) is 0 Å². The number of hydrogen-bond donors (Lipinski definition) is 4. The molecule has 0 aromatic heterocycles. The van der Waals surface area contributed by atoms with E-state index in [4.69, 9.17) is 5.11 Å². The number of hydrogen-bond acceptors (Lipinski definition) is 4. The molecule has 2 rings (SSSR count). The summed E-state index contributed by atoms with van der Waals surface area (Å²) >= 11 is 0. The number of carbonyl (C=O) groups is 4. The molecule has 9 nitrogen and oxygen atoms in total. The molecule has 4 amide bonds. The van der Waals surface area contributed by atoms with Crippen molar-refractivity contribution in [2.75, 3.05) is 10.2 Å². The number of rotatable bonds is 7. The van der Waals surface area contributed by atoms with Crippen LogP contribution in [0.2, 0.25) is 0 Å². The Morgan fingerprint density at radius 2 is 1.73 bits per heavy atom. The van der Waals surface area contributed by atoms with Gasteiger partial charge in [-0.2, -0.15) is 0 Å². The summed E-state index contributed by atoms with van der Waals surface area (Å²) in [6.45, 7) is 8.83. The van der Waals surface area contributed by atoms with E-state index in [1.54, 1.807) is 24.3 Å². The van der Waals surface area contributed by atoms with Crippen LogP contribution in [0.1, 0.15) is 41.0 Å². The average molecular weight is 418 g/mol. The van der Waals surface area contributed by atoms with Gasteiger partial charge < -0.3 is 21.1 Å². The summed E-state index contributed by atoms with van der Waals surface area (Å²) in [4.78, 5) is 51.0. The highest BCUT2D eigenvalue weighted by atomic mass is 16.4. The lowest BCUT2D eigenvalue weighted by Gasteiger charge is -2.39. The van der Waals surface area contributed by atoms with Crippen LogP contribution in [0.5, 0.6) is 0 Å². The van der Waals surface area contributed by atoms with Crippen LogP contribution in [0.4, 0.5) is 16.2 Å². The second kappa shape index (κ2) is 9.60. The third-order valence-electron chi connectivity index (χ3n) is 4.87. The number of carbonyl (C=O) groups excluding carboxylic acids is 3. The first-order chi connectivity index (χ1) is 14.0. The standard InChI is InChI=1S/C21H30N4O5/c1-11(2)10-15(18(26)22-13(5)20(28)29)24-21(30)25-16-9-7-6-8-14(16)23-19(27)17(25)12(3)4/h6-9,11-13,15,17H,10H2,1-5H3,(H,22,26)(H,23,27)(H,24,30)(H,28,29)/t13-,15-,17+/m1/s1. The molecule has 0 radical (unpaired) electrons. The van der Waals surface area contributed by atoms with Crippen LogP contribution in [-0.2, 0) is 14.4 Å². The fraction of sp³-hybridized carbons (Fsp3) is 0.524. The molecule has 0 unspecified atom stereocenters. The highest BCUT2D eigenvalue weighted by molar-refractivity contribution is 6.12. The van der Waals surface area contributed by atoms with Crippen molar-refractivity contribution in [2.24, 2.45) is 11.8 Å². The van der Waals surface area contributed by atoms with Gasteiger partial charge in [-0.15, -0.1) is 0 Å². The molecule has 0 spiro atoms. The minimum Gasteiger partial charge on any atom is -0.480 e. The molecule has 1 aromatic carbocycles. The van der Waals surface area contributed by atoms with Crippen molar-refractivity contribution in [1.29, 1.82) is 0 Å². The number of carboxylic acid groups (broad SMARTS) is 1. The fourth-order valence-corrected chi connectivity index (χ4v) is 3.40. The van der Waals surface area contributed by atoms with Gasteiger partial charge in [0.2, 0.25) is 11.8 Å². The Hall–Kier alpha value is -3.10. The van der Waals surface area contributed by atoms with Crippen LogP contribution in [0.15, 0.2) is 24.3 Å². The summed E-state index contributed by atoms with van der Waals surface area (Å²) in [5.74, 6) is -2.15. The molecule has 0 aliphatic carbocycles. The number of para-hydroxylation sites is 2. The van der Waals surface area contributed by atoms with Gasteiger partial charge in [0.25, 0.3) is 0 Å². The maximum Gasteiger partial charge on any atom is 0.325 e. The maximum atomic E-state index is 13.3. The van der Waals surface area contributed by atoms with Crippen LogP contribution in [0.25, 0.3) is 0 Å². The third-order valence-corrected chi connectivity index (χ3v) is 4.87. The van der Waals surface area contributed by atoms with E-state index in [1.807, 2.05) is 27.7 Å². The summed E-state index contributed by atoms with van der Waals surface area (Å²) in [5.41, 5.74) is 1.05. The first-order valence-electron chi connectivity index (χ1n) is 10.1. The molecule has 0 saturated heterocycles. The van der Waals surface area contributed by atoms with Crippen LogP contribution in [0, 0.1) is 11.8 Å². The van der Waals surface area contributed by atoms with Crippen molar-refractivity contribution in [3.05, 3.63) is 24.3 Å². The Labute approximate surface area is 176 Å². The minimum atomic E-state index is -1.17. The molecule has 1 aliphatic heterocycles. The van der Waals surface area contributed by atoms with E-state index in [0.717, 1.165) is 0 Å². The number of aliphatic carboxylic acids is 1. The predicted molar refractivity (Wildman–Crippen MR) is 113 cm³/mol. The molecule has 1 aliphatic rings. The zero-order valence-corrected chi connectivity index (χ0v) is 17.9. The lowest BCUT2D eigenvalue weighted by molar-refractivity contribution is -0.141. The maximum absolute atomic E-state index is 13.3. The smallest absolute Gasteiger partial charge is 0.325 e. The van der Waals surface area contributed by atoms with E-state index in [1.165, 1.54) is 11.8 Å². The van der Waals surface area contributed by atoms with Crippen molar-refractivity contribution in [2.45, 2.75) is 59.2 Å². The summed E-state index contributed by atoms with van der Waals surface area (Å²) in [7, 11) is 0. The van der Waals surface area contributed by atoms with Gasteiger partial charge in [-0.1, -0.05) is 39.8 Å². The second-order valence-electron chi connectivity index (χ2n) is 8.27. The van der Waals surface area contributed by atoms with Gasteiger partial charge in [-0.05, 0) is 37.3 Å². The largest absolute Gasteiger partial charge is 0.480 e. The summed E-state index contributed by atoms with van der Waals surface area (Å²) in [5, 5.41) is 17.0. The molecule has 0 fully saturated rings. The van der Waals surface area contributed by atoms with Gasteiger partial charge in [0.1, 0.15) is 18.1 Å². The van der Waals surface area contributed by atoms with E-state index >= 15 is 0 Å².